The maximum Gasteiger partial charge on any atom is 0.160 e. The predicted molar refractivity (Wildman–Crippen MR) is 51.3 cm³/mol. The monoisotopic (exact) mass is 176 g/mol. The Bertz CT molecular complexity index is 365. The normalized spacial score (nSPS) is 9.77. The summed E-state index contributed by atoms with van der Waals surface area (Å²) in [5.41, 5.74) is 2.96. The second kappa shape index (κ2) is 3.52. The molecule has 0 spiro atoms. The number of aryl methyl sites for hydroxylation is 1. The molecule has 0 saturated heterocycles. The molecule has 0 N–H and O–H groups in total. The molecule has 0 fully saturated rings. The zero-order valence-electron chi connectivity index (χ0n) is 8.05. The Labute approximate surface area is 77.6 Å². The highest BCUT2D eigenvalue weighted by Crippen LogP contribution is 2.15. The largest absolute Gasteiger partial charge is 0.298 e. The predicted octanol–water partition coefficient (Wildman–Crippen LogP) is 2.32. The van der Waals surface area contributed by atoms with Gasteiger partial charge in [-0.1, -0.05) is 0 Å². The molecular weight excluding hydrogens is 164 g/mol. The summed E-state index contributed by atoms with van der Waals surface area (Å²) in [6.07, 6.45) is 0.786. The fourth-order valence-electron chi connectivity index (χ4n) is 1.37. The molecule has 0 aliphatic heterocycles. The zero-order valence-corrected chi connectivity index (χ0v) is 8.05. The van der Waals surface area contributed by atoms with Gasteiger partial charge in [-0.2, -0.15) is 0 Å². The number of carbonyl (C=O) groups is 2. The van der Waals surface area contributed by atoms with Crippen molar-refractivity contribution in [2.75, 3.05) is 0 Å². The van der Waals surface area contributed by atoms with E-state index in [2.05, 4.69) is 0 Å². The zero-order chi connectivity index (χ0) is 10.0. The Morgan fingerprint density at radius 3 is 2.38 bits per heavy atom. The minimum absolute atomic E-state index is 0.00398. The molecule has 0 saturated carbocycles. The van der Waals surface area contributed by atoms with Gasteiger partial charge < -0.3 is 0 Å². The van der Waals surface area contributed by atoms with Crippen molar-refractivity contribution < 1.29 is 9.59 Å². The number of ketones is 1. The van der Waals surface area contributed by atoms with Gasteiger partial charge >= 0.3 is 0 Å². The number of hydrogen-bond donors (Lipinski definition) is 0. The summed E-state index contributed by atoms with van der Waals surface area (Å²) < 4.78 is 0. The summed E-state index contributed by atoms with van der Waals surface area (Å²) in [6.45, 7) is 5.18. The quantitative estimate of drug-likeness (QED) is 0.512. The maximum absolute atomic E-state index is 11.2. The number of Topliss-reactive ketones (excluding diaryl/α,β-unsaturated/α-hetero) is 1. The SMILES string of the molecule is CC(=O)c1cc(C)cc(C=O)c1C. The molecule has 13 heavy (non-hydrogen) atoms. The molecule has 1 rings (SSSR count). The van der Waals surface area contributed by atoms with Crippen LogP contribution >= 0.6 is 0 Å². The molecule has 0 heterocycles. The molecule has 0 radical (unpaired) electrons. The van der Waals surface area contributed by atoms with E-state index >= 15 is 0 Å². The highest BCUT2D eigenvalue weighted by Gasteiger charge is 2.08. The Kier molecular flexibility index (Phi) is 2.61. The van der Waals surface area contributed by atoms with Gasteiger partial charge in [0.2, 0.25) is 0 Å². The van der Waals surface area contributed by atoms with Crippen LogP contribution in [0.3, 0.4) is 0 Å². The summed E-state index contributed by atoms with van der Waals surface area (Å²) in [6, 6.07) is 3.60. The molecule has 1 aromatic rings. The molecular formula is C11H12O2. The average Bonchev–Trinajstić information content (AvgIpc) is 2.08. The van der Waals surface area contributed by atoms with Crippen molar-refractivity contribution in [3.8, 4) is 0 Å². The van der Waals surface area contributed by atoms with Gasteiger partial charge in [0.25, 0.3) is 0 Å². The lowest BCUT2D eigenvalue weighted by Gasteiger charge is -2.05. The van der Waals surface area contributed by atoms with Crippen molar-refractivity contribution in [2.45, 2.75) is 20.8 Å². The lowest BCUT2D eigenvalue weighted by atomic mass is 9.98. The van der Waals surface area contributed by atoms with Crippen LogP contribution in [0.5, 0.6) is 0 Å². The summed E-state index contributed by atoms with van der Waals surface area (Å²) in [5, 5.41) is 0. The third-order valence-corrected chi connectivity index (χ3v) is 2.10. The highest BCUT2D eigenvalue weighted by molar-refractivity contribution is 5.98. The van der Waals surface area contributed by atoms with E-state index in [9.17, 15) is 9.59 Å². The minimum atomic E-state index is 0.00398. The van der Waals surface area contributed by atoms with Gasteiger partial charge in [0.1, 0.15) is 6.29 Å². The van der Waals surface area contributed by atoms with Crippen LogP contribution in [0.2, 0.25) is 0 Å². The molecule has 1 aromatic carbocycles. The number of carbonyl (C=O) groups excluding carboxylic acids is 2. The van der Waals surface area contributed by atoms with E-state index in [0.29, 0.717) is 11.1 Å². The topological polar surface area (TPSA) is 34.1 Å². The maximum atomic E-state index is 11.2. The van der Waals surface area contributed by atoms with E-state index in [1.165, 1.54) is 6.92 Å². The Morgan fingerprint density at radius 1 is 1.31 bits per heavy atom. The van der Waals surface area contributed by atoms with E-state index in [1.54, 1.807) is 13.0 Å². The summed E-state index contributed by atoms with van der Waals surface area (Å²) >= 11 is 0. The summed E-state index contributed by atoms with van der Waals surface area (Å²) in [5.74, 6) is 0.00398. The number of rotatable bonds is 2. The highest BCUT2D eigenvalue weighted by atomic mass is 16.1. The molecule has 0 aliphatic rings. The van der Waals surface area contributed by atoms with E-state index in [-0.39, 0.29) is 5.78 Å². The second-order valence-electron chi connectivity index (χ2n) is 3.20. The van der Waals surface area contributed by atoms with Crippen LogP contribution in [0.15, 0.2) is 12.1 Å². The van der Waals surface area contributed by atoms with Crippen LogP contribution in [0.4, 0.5) is 0 Å². The molecule has 2 nitrogen and oxygen atoms in total. The van der Waals surface area contributed by atoms with Crippen molar-refractivity contribution in [3.05, 3.63) is 34.4 Å². The molecule has 68 valence electrons. The van der Waals surface area contributed by atoms with Crippen molar-refractivity contribution >= 4 is 12.1 Å². The smallest absolute Gasteiger partial charge is 0.160 e. The van der Waals surface area contributed by atoms with Gasteiger partial charge in [-0.05, 0) is 44.0 Å². The van der Waals surface area contributed by atoms with Crippen LogP contribution in [-0.4, -0.2) is 12.1 Å². The van der Waals surface area contributed by atoms with E-state index < -0.39 is 0 Å². The van der Waals surface area contributed by atoms with Crippen LogP contribution in [0, 0.1) is 13.8 Å². The Morgan fingerprint density at radius 2 is 1.92 bits per heavy atom. The van der Waals surface area contributed by atoms with Crippen molar-refractivity contribution in [1.82, 2.24) is 0 Å². The van der Waals surface area contributed by atoms with E-state index in [1.807, 2.05) is 13.0 Å². The number of hydrogen-bond acceptors (Lipinski definition) is 2. The first-order valence-electron chi connectivity index (χ1n) is 4.13. The van der Waals surface area contributed by atoms with E-state index in [0.717, 1.165) is 17.4 Å². The summed E-state index contributed by atoms with van der Waals surface area (Å²) in [7, 11) is 0. The van der Waals surface area contributed by atoms with Crippen LogP contribution in [0.1, 0.15) is 38.8 Å². The molecule has 0 aromatic heterocycles. The lowest BCUT2D eigenvalue weighted by Crippen LogP contribution is -2.00. The fraction of sp³-hybridized carbons (Fsp3) is 0.273. The molecule has 0 unspecified atom stereocenters. The van der Waals surface area contributed by atoms with Gasteiger partial charge in [0.15, 0.2) is 5.78 Å². The van der Waals surface area contributed by atoms with Crippen LogP contribution in [-0.2, 0) is 0 Å². The number of aldehydes is 1. The van der Waals surface area contributed by atoms with Crippen molar-refractivity contribution in [1.29, 1.82) is 0 Å². The van der Waals surface area contributed by atoms with E-state index in [4.69, 9.17) is 0 Å². The van der Waals surface area contributed by atoms with Crippen molar-refractivity contribution in [3.63, 3.8) is 0 Å². The third kappa shape index (κ3) is 1.83. The molecule has 2 heteroatoms. The standard InChI is InChI=1S/C11H12O2/c1-7-4-10(6-12)8(2)11(5-7)9(3)13/h4-6H,1-3H3. The molecule has 0 aliphatic carbocycles. The van der Waals surface area contributed by atoms with Crippen LogP contribution in [0.25, 0.3) is 0 Å². The molecule has 0 atom stereocenters. The first kappa shape index (κ1) is 9.65. The third-order valence-electron chi connectivity index (χ3n) is 2.10. The number of benzene rings is 1. The van der Waals surface area contributed by atoms with Gasteiger partial charge in [0.05, 0.1) is 0 Å². The van der Waals surface area contributed by atoms with Crippen LogP contribution < -0.4 is 0 Å². The first-order chi connectivity index (χ1) is 6.06. The molecule has 0 bridgehead atoms. The van der Waals surface area contributed by atoms with Crippen molar-refractivity contribution in [2.24, 2.45) is 0 Å². The van der Waals surface area contributed by atoms with Gasteiger partial charge in [-0.15, -0.1) is 0 Å². The Hall–Kier alpha value is -1.44. The summed E-state index contributed by atoms with van der Waals surface area (Å²) in [4.78, 5) is 21.8. The Balaban J connectivity index is 3.44. The first-order valence-corrected chi connectivity index (χ1v) is 4.13. The van der Waals surface area contributed by atoms with Gasteiger partial charge in [0, 0.05) is 11.1 Å². The minimum Gasteiger partial charge on any atom is -0.298 e. The lowest BCUT2D eigenvalue weighted by molar-refractivity contribution is 0.101. The second-order valence-corrected chi connectivity index (χ2v) is 3.20. The average molecular weight is 176 g/mol. The van der Waals surface area contributed by atoms with Gasteiger partial charge in [-0.25, -0.2) is 0 Å². The fourth-order valence-corrected chi connectivity index (χ4v) is 1.37. The molecule has 0 amide bonds. The van der Waals surface area contributed by atoms with Gasteiger partial charge in [-0.3, -0.25) is 9.59 Å².